The molecule has 3 nitrogen and oxygen atoms in total. The van der Waals surface area contributed by atoms with Gasteiger partial charge in [0, 0.05) is 5.56 Å². The molecule has 0 spiro atoms. The van der Waals surface area contributed by atoms with Crippen LogP contribution >= 0.6 is 0 Å². The van der Waals surface area contributed by atoms with Crippen LogP contribution in [0.4, 0.5) is 0 Å². The van der Waals surface area contributed by atoms with Crippen LogP contribution in [0.2, 0.25) is 0 Å². The van der Waals surface area contributed by atoms with Crippen molar-refractivity contribution in [2.24, 2.45) is 0 Å². The van der Waals surface area contributed by atoms with Crippen molar-refractivity contribution in [2.75, 3.05) is 7.11 Å². The van der Waals surface area contributed by atoms with E-state index < -0.39 is 0 Å². The minimum Gasteiger partial charge on any atom is -0.495 e. The first-order valence-electron chi connectivity index (χ1n) is 6.76. The summed E-state index contributed by atoms with van der Waals surface area (Å²) in [6.45, 7) is 3.72. The monoisotopic (exact) mass is 260 g/mol. The van der Waals surface area contributed by atoms with Crippen LogP contribution in [0.3, 0.4) is 0 Å². The molecule has 2 rings (SSSR count). The van der Waals surface area contributed by atoms with Gasteiger partial charge in [0.15, 0.2) is 0 Å². The van der Waals surface area contributed by atoms with Crippen LogP contribution in [0, 0.1) is 0 Å². The number of hydrogen-bond acceptors (Lipinski definition) is 3. The summed E-state index contributed by atoms with van der Waals surface area (Å²) in [6.07, 6.45) is 7.19. The van der Waals surface area contributed by atoms with Crippen molar-refractivity contribution in [3.05, 3.63) is 35.9 Å². The van der Waals surface area contributed by atoms with Gasteiger partial charge in [0.1, 0.15) is 17.4 Å². The van der Waals surface area contributed by atoms with Crippen molar-refractivity contribution in [3.63, 3.8) is 0 Å². The minimum atomic E-state index is -0.299. The number of ether oxygens (including phenoxy) is 2. The SMILES string of the molecule is C=Cc1cccc(C(=O)OC2CCCCC2)c1OC. The molecule has 1 aromatic carbocycles. The molecular formula is C16H20O3. The summed E-state index contributed by atoms with van der Waals surface area (Å²) in [5.74, 6) is 0.241. The normalized spacial score (nSPS) is 15.8. The fraction of sp³-hybridized carbons (Fsp3) is 0.438. The van der Waals surface area contributed by atoms with E-state index in [1.54, 1.807) is 19.3 Å². The quantitative estimate of drug-likeness (QED) is 0.772. The van der Waals surface area contributed by atoms with Crippen LogP contribution in [0.5, 0.6) is 5.75 Å². The van der Waals surface area contributed by atoms with Gasteiger partial charge in [-0.15, -0.1) is 0 Å². The van der Waals surface area contributed by atoms with Crippen LogP contribution in [0.25, 0.3) is 6.08 Å². The predicted molar refractivity (Wildman–Crippen MR) is 75.4 cm³/mol. The molecule has 0 heterocycles. The number of esters is 1. The highest BCUT2D eigenvalue weighted by Crippen LogP contribution is 2.27. The number of carbonyl (C=O) groups is 1. The van der Waals surface area contributed by atoms with Gasteiger partial charge >= 0.3 is 5.97 Å². The highest BCUT2D eigenvalue weighted by molar-refractivity contribution is 5.94. The molecule has 19 heavy (non-hydrogen) atoms. The summed E-state index contributed by atoms with van der Waals surface area (Å²) in [5, 5.41) is 0. The Morgan fingerprint density at radius 2 is 2.05 bits per heavy atom. The number of carbonyl (C=O) groups excluding carboxylic acids is 1. The van der Waals surface area contributed by atoms with Gasteiger partial charge in [0.05, 0.1) is 7.11 Å². The highest BCUT2D eigenvalue weighted by Gasteiger charge is 2.21. The predicted octanol–water partition coefficient (Wildman–Crippen LogP) is 3.83. The molecule has 0 aliphatic heterocycles. The smallest absolute Gasteiger partial charge is 0.342 e. The molecule has 0 bridgehead atoms. The van der Waals surface area contributed by atoms with Gasteiger partial charge in [0.2, 0.25) is 0 Å². The molecule has 102 valence electrons. The van der Waals surface area contributed by atoms with E-state index in [0.29, 0.717) is 11.3 Å². The second-order valence-electron chi connectivity index (χ2n) is 4.80. The number of methoxy groups -OCH3 is 1. The van der Waals surface area contributed by atoms with Crippen molar-refractivity contribution in [2.45, 2.75) is 38.2 Å². The first kappa shape index (κ1) is 13.7. The van der Waals surface area contributed by atoms with Crippen molar-refractivity contribution < 1.29 is 14.3 Å². The Bertz CT molecular complexity index is 459. The van der Waals surface area contributed by atoms with E-state index in [-0.39, 0.29) is 12.1 Å². The summed E-state index contributed by atoms with van der Waals surface area (Å²) >= 11 is 0. The van der Waals surface area contributed by atoms with Gasteiger partial charge in [-0.25, -0.2) is 4.79 Å². The van der Waals surface area contributed by atoms with Gasteiger partial charge in [-0.3, -0.25) is 0 Å². The van der Waals surface area contributed by atoms with Crippen molar-refractivity contribution >= 4 is 12.0 Å². The Kier molecular flexibility index (Phi) is 4.61. The summed E-state index contributed by atoms with van der Waals surface area (Å²) in [5.41, 5.74) is 1.28. The fourth-order valence-electron chi connectivity index (χ4n) is 2.50. The molecule has 1 aromatic rings. The van der Waals surface area contributed by atoms with Gasteiger partial charge in [0.25, 0.3) is 0 Å². The zero-order valence-electron chi connectivity index (χ0n) is 11.4. The minimum absolute atomic E-state index is 0.0540. The molecule has 1 saturated carbocycles. The molecule has 0 aromatic heterocycles. The average molecular weight is 260 g/mol. The summed E-state index contributed by atoms with van der Waals surface area (Å²) in [4.78, 5) is 12.2. The van der Waals surface area contributed by atoms with Crippen LogP contribution in [0.15, 0.2) is 24.8 Å². The molecule has 1 aliphatic rings. The van der Waals surface area contributed by atoms with E-state index >= 15 is 0 Å². The van der Waals surface area contributed by atoms with E-state index in [0.717, 1.165) is 31.2 Å². The molecule has 0 radical (unpaired) electrons. The average Bonchev–Trinajstić information content (AvgIpc) is 2.47. The standard InChI is InChI=1S/C16H20O3/c1-3-12-8-7-11-14(15(12)18-2)16(17)19-13-9-5-4-6-10-13/h3,7-8,11,13H,1,4-6,9-10H2,2H3. The van der Waals surface area contributed by atoms with Gasteiger partial charge < -0.3 is 9.47 Å². The Labute approximate surface area is 114 Å². The molecule has 0 unspecified atom stereocenters. The Morgan fingerprint density at radius 3 is 2.68 bits per heavy atom. The molecule has 0 atom stereocenters. The van der Waals surface area contributed by atoms with Crippen LogP contribution in [-0.2, 0) is 4.74 Å². The first-order valence-corrected chi connectivity index (χ1v) is 6.76. The third-order valence-electron chi connectivity index (χ3n) is 3.52. The lowest BCUT2D eigenvalue weighted by Crippen LogP contribution is -2.21. The van der Waals surface area contributed by atoms with Crippen LogP contribution < -0.4 is 4.74 Å². The second-order valence-corrected chi connectivity index (χ2v) is 4.80. The third-order valence-corrected chi connectivity index (χ3v) is 3.52. The van der Waals surface area contributed by atoms with Crippen molar-refractivity contribution in [1.29, 1.82) is 0 Å². The molecule has 0 N–H and O–H groups in total. The van der Waals surface area contributed by atoms with Crippen molar-refractivity contribution in [3.8, 4) is 5.75 Å². The van der Waals surface area contributed by atoms with Gasteiger partial charge in [-0.2, -0.15) is 0 Å². The van der Waals surface area contributed by atoms with E-state index in [4.69, 9.17) is 9.47 Å². The van der Waals surface area contributed by atoms with E-state index in [9.17, 15) is 4.79 Å². The van der Waals surface area contributed by atoms with Gasteiger partial charge in [-0.05, 0) is 31.7 Å². The lowest BCUT2D eigenvalue weighted by atomic mass is 9.98. The molecule has 3 heteroatoms. The summed E-state index contributed by atoms with van der Waals surface area (Å²) < 4.78 is 10.9. The first-order chi connectivity index (χ1) is 9.26. The van der Waals surface area contributed by atoms with E-state index in [2.05, 4.69) is 6.58 Å². The van der Waals surface area contributed by atoms with Crippen LogP contribution in [0.1, 0.15) is 48.0 Å². The summed E-state index contributed by atoms with van der Waals surface area (Å²) in [7, 11) is 1.56. The molecule has 1 fully saturated rings. The fourth-order valence-corrected chi connectivity index (χ4v) is 2.50. The van der Waals surface area contributed by atoms with Gasteiger partial charge in [-0.1, -0.05) is 31.2 Å². The number of rotatable bonds is 4. The number of para-hydroxylation sites is 1. The number of benzene rings is 1. The lowest BCUT2D eigenvalue weighted by molar-refractivity contribution is 0.0208. The maximum atomic E-state index is 12.2. The molecule has 0 saturated heterocycles. The number of hydrogen-bond donors (Lipinski definition) is 0. The molecule has 0 amide bonds. The Morgan fingerprint density at radius 1 is 1.32 bits per heavy atom. The molecule has 1 aliphatic carbocycles. The zero-order chi connectivity index (χ0) is 13.7. The van der Waals surface area contributed by atoms with Crippen molar-refractivity contribution in [1.82, 2.24) is 0 Å². The third kappa shape index (κ3) is 3.16. The Balaban J connectivity index is 2.16. The zero-order valence-corrected chi connectivity index (χ0v) is 11.4. The van der Waals surface area contributed by atoms with Crippen LogP contribution in [-0.4, -0.2) is 19.2 Å². The lowest BCUT2D eigenvalue weighted by Gasteiger charge is -2.22. The maximum Gasteiger partial charge on any atom is 0.342 e. The maximum absolute atomic E-state index is 12.2. The van der Waals surface area contributed by atoms with E-state index in [1.165, 1.54) is 6.42 Å². The highest BCUT2D eigenvalue weighted by atomic mass is 16.5. The second kappa shape index (κ2) is 6.41. The Hall–Kier alpha value is -1.77. The summed E-state index contributed by atoms with van der Waals surface area (Å²) in [6, 6.07) is 5.41. The topological polar surface area (TPSA) is 35.5 Å². The molecular weight excluding hydrogens is 240 g/mol. The largest absolute Gasteiger partial charge is 0.495 e. The van der Waals surface area contributed by atoms with E-state index in [1.807, 2.05) is 12.1 Å².